The number of aromatic nitrogens is 5. The Morgan fingerprint density at radius 2 is 2.03 bits per heavy atom. The lowest BCUT2D eigenvalue weighted by Gasteiger charge is -2.20. The van der Waals surface area contributed by atoms with Crippen LogP contribution in [0.25, 0.3) is 28.1 Å². The van der Waals surface area contributed by atoms with Crippen LogP contribution in [-0.2, 0) is 11.2 Å². The van der Waals surface area contributed by atoms with Gasteiger partial charge in [-0.1, -0.05) is 30.3 Å². The van der Waals surface area contributed by atoms with Gasteiger partial charge in [-0.25, -0.2) is 9.97 Å². The smallest absolute Gasteiger partial charge is 0.261 e. The third-order valence-corrected chi connectivity index (χ3v) is 5.81. The summed E-state index contributed by atoms with van der Waals surface area (Å²) in [5.74, 6) is 0.515. The van der Waals surface area contributed by atoms with Crippen LogP contribution in [0, 0.1) is 6.92 Å². The second kappa shape index (κ2) is 9.36. The average Bonchev–Trinajstić information content (AvgIpc) is 3.50. The van der Waals surface area contributed by atoms with E-state index in [0.29, 0.717) is 23.7 Å². The summed E-state index contributed by atoms with van der Waals surface area (Å²) in [7, 11) is 1.68. The average molecular weight is 455 g/mol. The number of fused-ring (bicyclic) bond motifs is 1. The first-order valence-corrected chi connectivity index (χ1v) is 11.1. The van der Waals surface area contributed by atoms with E-state index >= 15 is 0 Å². The predicted octanol–water partition coefficient (Wildman–Crippen LogP) is 4.08. The van der Waals surface area contributed by atoms with E-state index in [2.05, 4.69) is 38.5 Å². The lowest BCUT2D eigenvalue weighted by atomic mass is 10.1. The van der Waals surface area contributed by atoms with Crippen molar-refractivity contribution >= 4 is 16.7 Å². The van der Waals surface area contributed by atoms with Gasteiger partial charge in [0.15, 0.2) is 0 Å². The number of aryl methyl sites for hydroxylation is 1. The second-order valence-electron chi connectivity index (χ2n) is 8.30. The van der Waals surface area contributed by atoms with Gasteiger partial charge in [-0.15, -0.1) is 0 Å². The Labute approximate surface area is 196 Å². The molecule has 2 aromatic carbocycles. The topological polar surface area (TPSA) is 101 Å². The molecule has 8 nitrogen and oxygen atoms in total. The maximum atomic E-state index is 13.0. The molecule has 0 saturated carbocycles. The van der Waals surface area contributed by atoms with Crippen molar-refractivity contribution in [2.45, 2.75) is 19.4 Å². The molecule has 0 aliphatic rings. The van der Waals surface area contributed by atoms with E-state index in [1.807, 2.05) is 48.0 Å². The zero-order valence-electron chi connectivity index (χ0n) is 19.1. The van der Waals surface area contributed by atoms with E-state index in [4.69, 9.17) is 9.72 Å². The number of ether oxygens (including phenoxy) is 1. The first-order valence-electron chi connectivity index (χ1n) is 11.1. The molecule has 8 heteroatoms. The van der Waals surface area contributed by atoms with Crippen LogP contribution in [0.4, 0.5) is 5.69 Å². The number of rotatable bonds is 8. The highest BCUT2D eigenvalue weighted by Gasteiger charge is 2.18. The Hall–Kier alpha value is -4.17. The van der Waals surface area contributed by atoms with Crippen LogP contribution in [0.1, 0.15) is 11.1 Å². The summed E-state index contributed by atoms with van der Waals surface area (Å²) < 4.78 is 7.40. The molecule has 5 rings (SSSR count). The van der Waals surface area contributed by atoms with Gasteiger partial charge >= 0.3 is 0 Å². The lowest BCUT2D eigenvalue weighted by molar-refractivity contribution is 0.185. The van der Waals surface area contributed by atoms with Crippen molar-refractivity contribution < 1.29 is 4.74 Å². The molecule has 0 aliphatic carbocycles. The summed E-state index contributed by atoms with van der Waals surface area (Å²) in [5.41, 5.74) is 5.80. The van der Waals surface area contributed by atoms with Gasteiger partial charge in [-0.2, -0.15) is 0 Å². The molecule has 3 aromatic heterocycles. The molecular formula is C26H26N6O2. The van der Waals surface area contributed by atoms with Crippen molar-refractivity contribution in [3.05, 3.63) is 94.9 Å². The number of nitrogens with one attached hydrogen (secondary N) is 3. The van der Waals surface area contributed by atoms with Crippen molar-refractivity contribution in [2.24, 2.45) is 0 Å². The van der Waals surface area contributed by atoms with Gasteiger partial charge in [0.1, 0.15) is 11.4 Å². The molecular weight excluding hydrogens is 428 g/mol. The fraction of sp³-hybridized carbons (Fsp3) is 0.192. The maximum Gasteiger partial charge on any atom is 0.261 e. The van der Waals surface area contributed by atoms with Gasteiger partial charge < -0.3 is 24.6 Å². The van der Waals surface area contributed by atoms with Gasteiger partial charge in [0.05, 0.1) is 35.7 Å². The van der Waals surface area contributed by atoms with Gasteiger partial charge in [0.25, 0.3) is 5.56 Å². The number of pyridine rings is 1. The highest BCUT2D eigenvalue weighted by atomic mass is 16.5. The first-order chi connectivity index (χ1) is 16.6. The Balaban J connectivity index is 1.53. The fourth-order valence-corrected chi connectivity index (χ4v) is 4.26. The Bertz CT molecular complexity index is 1450. The number of methoxy groups -OCH3 is 1. The number of nitrogens with zero attached hydrogens (tertiary/aromatic N) is 3. The molecule has 0 amide bonds. The largest absolute Gasteiger partial charge is 0.383 e. The molecule has 1 unspecified atom stereocenters. The van der Waals surface area contributed by atoms with Crippen LogP contribution < -0.4 is 10.9 Å². The minimum atomic E-state index is -0.215. The molecule has 0 fully saturated rings. The van der Waals surface area contributed by atoms with Crippen LogP contribution in [0.3, 0.4) is 0 Å². The quantitative estimate of drug-likeness (QED) is 0.328. The first kappa shape index (κ1) is 21.7. The summed E-state index contributed by atoms with van der Waals surface area (Å²) in [6.45, 7) is 2.50. The van der Waals surface area contributed by atoms with Gasteiger partial charge in [0, 0.05) is 31.4 Å². The van der Waals surface area contributed by atoms with Crippen molar-refractivity contribution in [3.63, 3.8) is 0 Å². The monoisotopic (exact) mass is 454 g/mol. The van der Waals surface area contributed by atoms with E-state index in [0.717, 1.165) is 28.7 Å². The summed E-state index contributed by atoms with van der Waals surface area (Å²) >= 11 is 0. The van der Waals surface area contributed by atoms with Gasteiger partial charge in [0.2, 0.25) is 0 Å². The SMILES string of the molecule is COCC(Cc1ccccc1)Nc1cc[nH]c(=O)c1-c1nc2c(C)cc(-n3ccnc3)cc2[nH]1. The molecule has 172 valence electrons. The standard InChI is InChI=1S/C26H26N6O2/c1-17-12-20(32-11-10-27-16-32)14-22-24(17)31-25(30-22)23-21(8-9-28-26(23)33)29-19(15-34-2)13-18-6-4-3-5-7-18/h3-12,14,16,19H,13,15H2,1-2H3,(H,30,31)(H2,28,29,33). The number of anilines is 1. The molecule has 0 radical (unpaired) electrons. The second-order valence-corrected chi connectivity index (χ2v) is 8.30. The third kappa shape index (κ3) is 4.35. The molecule has 0 aliphatic heterocycles. The Morgan fingerprint density at radius 3 is 2.79 bits per heavy atom. The van der Waals surface area contributed by atoms with Crippen molar-refractivity contribution in [1.82, 2.24) is 24.5 Å². The summed E-state index contributed by atoms with van der Waals surface area (Å²) in [4.78, 5) is 28.0. The van der Waals surface area contributed by atoms with Crippen LogP contribution in [0.15, 0.2) is 78.2 Å². The Kier molecular flexibility index (Phi) is 5.97. The lowest BCUT2D eigenvalue weighted by Crippen LogP contribution is -2.28. The predicted molar refractivity (Wildman–Crippen MR) is 133 cm³/mol. The maximum absolute atomic E-state index is 13.0. The molecule has 34 heavy (non-hydrogen) atoms. The molecule has 0 saturated heterocycles. The highest BCUT2D eigenvalue weighted by Crippen LogP contribution is 2.28. The molecule has 1 atom stereocenters. The molecule has 3 N–H and O–H groups in total. The minimum Gasteiger partial charge on any atom is -0.383 e. The van der Waals surface area contributed by atoms with E-state index in [9.17, 15) is 4.79 Å². The van der Waals surface area contributed by atoms with Crippen LogP contribution >= 0.6 is 0 Å². The van der Waals surface area contributed by atoms with Crippen LogP contribution in [0.5, 0.6) is 0 Å². The molecule has 5 aromatic rings. The number of aromatic amines is 2. The minimum absolute atomic E-state index is 0.0214. The van der Waals surface area contributed by atoms with E-state index in [1.54, 1.807) is 25.8 Å². The van der Waals surface area contributed by atoms with Crippen LogP contribution in [-0.4, -0.2) is 44.3 Å². The number of benzene rings is 2. The highest BCUT2D eigenvalue weighted by molar-refractivity contribution is 5.86. The van der Waals surface area contributed by atoms with Crippen LogP contribution in [0.2, 0.25) is 0 Å². The zero-order chi connectivity index (χ0) is 23.5. The third-order valence-electron chi connectivity index (χ3n) is 5.81. The molecule has 0 spiro atoms. The summed E-state index contributed by atoms with van der Waals surface area (Å²) in [6, 6.07) is 16.1. The molecule has 3 heterocycles. The van der Waals surface area contributed by atoms with E-state index < -0.39 is 0 Å². The van der Waals surface area contributed by atoms with E-state index in [1.165, 1.54) is 5.56 Å². The van der Waals surface area contributed by atoms with E-state index in [-0.39, 0.29) is 11.6 Å². The summed E-state index contributed by atoms with van der Waals surface area (Å²) in [5, 5.41) is 3.51. The number of imidazole rings is 2. The van der Waals surface area contributed by atoms with Crippen molar-refractivity contribution in [2.75, 3.05) is 19.0 Å². The zero-order valence-corrected chi connectivity index (χ0v) is 19.1. The van der Waals surface area contributed by atoms with Gasteiger partial charge in [-0.05, 0) is 42.7 Å². The number of H-pyrrole nitrogens is 2. The number of hydrogen-bond donors (Lipinski definition) is 3. The van der Waals surface area contributed by atoms with Crippen molar-refractivity contribution in [3.8, 4) is 17.1 Å². The van der Waals surface area contributed by atoms with Gasteiger partial charge in [-0.3, -0.25) is 4.79 Å². The Morgan fingerprint density at radius 1 is 1.18 bits per heavy atom. The number of hydrogen-bond acceptors (Lipinski definition) is 5. The summed E-state index contributed by atoms with van der Waals surface area (Å²) in [6.07, 6.45) is 7.79. The fourth-order valence-electron chi connectivity index (χ4n) is 4.26. The molecule has 0 bridgehead atoms. The van der Waals surface area contributed by atoms with Crippen molar-refractivity contribution in [1.29, 1.82) is 0 Å². The normalized spacial score (nSPS) is 12.2.